The Balaban J connectivity index is 1.44. The van der Waals surface area contributed by atoms with E-state index in [1.807, 2.05) is 30.3 Å². The predicted octanol–water partition coefficient (Wildman–Crippen LogP) is 5.24. The van der Waals surface area contributed by atoms with Gasteiger partial charge in [-0.3, -0.25) is 4.68 Å². The van der Waals surface area contributed by atoms with E-state index >= 15 is 0 Å². The number of ether oxygens (including phenoxy) is 1. The zero-order valence-corrected chi connectivity index (χ0v) is 20.1. The highest BCUT2D eigenvalue weighted by Crippen LogP contribution is 2.33. The van der Waals surface area contributed by atoms with Crippen molar-refractivity contribution in [1.29, 1.82) is 0 Å². The minimum Gasteiger partial charge on any atom is -0.494 e. The predicted molar refractivity (Wildman–Crippen MR) is 135 cm³/mol. The van der Waals surface area contributed by atoms with E-state index in [-0.39, 0.29) is 17.9 Å². The summed E-state index contributed by atoms with van der Waals surface area (Å²) in [5.74, 6) is -0.0599. The molecule has 2 aromatic carbocycles. The van der Waals surface area contributed by atoms with Gasteiger partial charge in [0.2, 0.25) is 0 Å². The average molecular weight is 500 g/mol. The Hall–Kier alpha value is -4.47. The first kappa shape index (κ1) is 23.0. The lowest BCUT2D eigenvalue weighted by Gasteiger charge is -2.11. The summed E-state index contributed by atoms with van der Waals surface area (Å²) in [6.45, 7) is 1.99. The number of para-hydroxylation sites is 1. The number of aryl methyl sites for hydroxylation is 1. The van der Waals surface area contributed by atoms with Crippen molar-refractivity contribution in [2.24, 2.45) is 0 Å². The quantitative estimate of drug-likeness (QED) is 0.327. The van der Waals surface area contributed by atoms with Crippen LogP contribution in [0.5, 0.6) is 5.75 Å². The van der Waals surface area contributed by atoms with Gasteiger partial charge in [-0.05, 0) is 38.3 Å². The summed E-state index contributed by atoms with van der Waals surface area (Å²) in [4.78, 5) is 9.68. The normalized spacial score (nSPS) is 12.6. The molecule has 1 aliphatic carbocycles. The number of aromatic nitrogens is 6. The number of fused-ring (bicyclic) bond motifs is 2. The van der Waals surface area contributed by atoms with Crippen LogP contribution in [0.15, 0.2) is 54.9 Å². The highest BCUT2D eigenvalue weighted by atomic mass is 19.1. The van der Waals surface area contributed by atoms with Gasteiger partial charge in [0.1, 0.15) is 28.9 Å². The SMILES string of the molecule is CCOc1cc(F)c(Cn2nc(-c3nc4c(c(Nc5ccnnc5)n3)CCC4)c3ccccc32)c(F)c1. The first-order valence-electron chi connectivity index (χ1n) is 12.1. The molecule has 0 amide bonds. The molecular weight excluding hydrogens is 476 g/mol. The van der Waals surface area contributed by atoms with Gasteiger partial charge in [-0.2, -0.15) is 15.3 Å². The zero-order valence-electron chi connectivity index (χ0n) is 20.1. The van der Waals surface area contributed by atoms with Crippen molar-refractivity contribution in [2.75, 3.05) is 11.9 Å². The second-order valence-corrected chi connectivity index (χ2v) is 8.75. The van der Waals surface area contributed by atoms with Gasteiger partial charge in [-0.1, -0.05) is 18.2 Å². The molecule has 0 atom stereocenters. The van der Waals surface area contributed by atoms with Gasteiger partial charge in [0.05, 0.1) is 36.7 Å². The second-order valence-electron chi connectivity index (χ2n) is 8.75. The van der Waals surface area contributed by atoms with Crippen molar-refractivity contribution in [2.45, 2.75) is 32.7 Å². The van der Waals surface area contributed by atoms with E-state index in [4.69, 9.17) is 19.8 Å². The molecule has 10 heteroatoms. The fourth-order valence-corrected chi connectivity index (χ4v) is 4.69. The van der Waals surface area contributed by atoms with Crippen LogP contribution in [0.1, 0.15) is 30.2 Å². The molecule has 1 aliphatic rings. The largest absolute Gasteiger partial charge is 0.494 e. The maximum absolute atomic E-state index is 14.9. The zero-order chi connectivity index (χ0) is 25.4. The summed E-state index contributed by atoms with van der Waals surface area (Å²) in [5, 5.41) is 16.6. The van der Waals surface area contributed by atoms with E-state index < -0.39 is 11.6 Å². The molecule has 3 heterocycles. The molecule has 8 nitrogen and oxygen atoms in total. The Bertz CT molecular complexity index is 1580. The minimum absolute atomic E-state index is 0.0920. The molecule has 186 valence electrons. The van der Waals surface area contributed by atoms with Gasteiger partial charge in [0.15, 0.2) is 5.82 Å². The Morgan fingerprint density at radius 1 is 1.03 bits per heavy atom. The van der Waals surface area contributed by atoms with E-state index in [9.17, 15) is 8.78 Å². The van der Waals surface area contributed by atoms with Crippen molar-refractivity contribution < 1.29 is 13.5 Å². The number of hydrogen-bond donors (Lipinski definition) is 1. The van der Waals surface area contributed by atoms with Crippen LogP contribution in [0.4, 0.5) is 20.3 Å². The third kappa shape index (κ3) is 4.35. The van der Waals surface area contributed by atoms with Crippen LogP contribution in [-0.4, -0.2) is 36.6 Å². The highest BCUT2D eigenvalue weighted by molar-refractivity contribution is 5.92. The Kier molecular flexibility index (Phi) is 5.91. The summed E-state index contributed by atoms with van der Waals surface area (Å²) in [6, 6.07) is 11.8. The number of benzene rings is 2. The third-order valence-corrected chi connectivity index (χ3v) is 6.38. The standard InChI is InChI=1S/C27H23F2N7O/c1-2-37-17-12-21(28)20(22(29)13-17)15-36-24-9-4-3-6-19(24)25(35-36)27-33-23-8-5-7-18(23)26(34-27)32-16-10-11-30-31-14-16/h3-4,6,9-14H,2,5,7-8,15H2,1H3,(H,30,32,33,34). The topological polar surface area (TPSA) is 90.6 Å². The molecule has 0 saturated heterocycles. The number of rotatable bonds is 7. The molecule has 0 unspecified atom stereocenters. The molecule has 0 bridgehead atoms. The van der Waals surface area contributed by atoms with Crippen LogP contribution in [0, 0.1) is 11.6 Å². The molecule has 0 spiro atoms. The van der Waals surface area contributed by atoms with Gasteiger partial charge >= 0.3 is 0 Å². The van der Waals surface area contributed by atoms with Crippen molar-refractivity contribution in [3.05, 3.63) is 83.3 Å². The van der Waals surface area contributed by atoms with Crippen LogP contribution in [0.25, 0.3) is 22.4 Å². The third-order valence-electron chi connectivity index (χ3n) is 6.38. The van der Waals surface area contributed by atoms with Crippen LogP contribution in [-0.2, 0) is 19.4 Å². The lowest BCUT2D eigenvalue weighted by molar-refractivity contribution is 0.335. The summed E-state index contributed by atoms with van der Waals surface area (Å²) >= 11 is 0. The van der Waals surface area contributed by atoms with Crippen molar-refractivity contribution in [1.82, 2.24) is 29.9 Å². The fourth-order valence-electron chi connectivity index (χ4n) is 4.69. The van der Waals surface area contributed by atoms with Gasteiger partial charge in [0, 0.05) is 34.3 Å². The van der Waals surface area contributed by atoms with Gasteiger partial charge in [0.25, 0.3) is 0 Å². The Morgan fingerprint density at radius 3 is 2.65 bits per heavy atom. The molecule has 5 aromatic rings. The number of nitrogens with one attached hydrogen (secondary N) is 1. The molecule has 1 N–H and O–H groups in total. The van der Waals surface area contributed by atoms with Crippen molar-refractivity contribution >= 4 is 22.4 Å². The van der Waals surface area contributed by atoms with Gasteiger partial charge < -0.3 is 10.1 Å². The summed E-state index contributed by atoms with van der Waals surface area (Å²) in [7, 11) is 0. The average Bonchev–Trinajstić information content (AvgIpc) is 3.52. The van der Waals surface area contributed by atoms with Crippen LogP contribution < -0.4 is 10.1 Å². The van der Waals surface area contributed by atoms with Crippen LogP contribution in [0.3, 0.4) is 0 Å². The lowest BCUT2D eigenvalue weighted by Crippen LogP contribution is -2.08. The number of nitrogens with zero attached hydrogens (tertiary/aromatic N) is 6. The molecule has 37 heavy (non-hydrogen) atoms. The number of hydrogen-bond acceptors (Lipinski definition) is 7. The lowest BCUT2D eigenvalue weighted by atomic mass is 10.1. The van der Waals surface area contributed by atoms with E-state index in [2.05, 4.69) is 15.5 Å². The number of halogens is 2. The Morgan fingerprint density at radius 2 is 1.86 bits per heavy atom. The monoisotopic (exact) mass is 499 g/mol. The van der Waals surface area contributed by atoms with Crippen LogP contribution >= 0.6 is 0 Å². The maximum Gasteiger partial charge on any atom is 0.182 e. The van der Waals surface area contributed by atoms with E-state index in [1.165, 1.54) is 12.1 Å². The summed E-state index contributed by atoms with van der Waals surface area (Å²) in [6.07, 6.45) is 5.95. The highest BCUT2D eigenvalue weighted by Gasteiger charge is 2.23. The van der Waals surface area contributed by atoms with Crippen molar-refractivity contribution in [3.8, 4) is 17.3 Å². The summed E-state index contributed by atoms with van der Waals surface area (Å²) < 4.78 is 36.6. The molecule has 0 saturated carbocycles. The second kappa shape index (κ2) is 9.53. The fraction of sp³-hybridized carbons (Fsp3) is 0.222. The van der Waals surface area contributed by atoms with E-state index in [0.29, 0.717) is 23.9 Å². The Labute approximate surface area is 211 Å². The molecule has 3 aromatic heterocycles. The molecular formula is C27H23F2N7O. The first-order chi connectivity index (χ1) is 18.1. The minimum atomic E-state index is -0.684. The molecule has 6 rings (SSSR count). The van der Waals surface area contributed by atoms with Gasteiger partial charge in [-0.25, -0.2) is 18.7 Å². The van der Waals surface area contributed by atoms with E-state index in [1.54, 1.807) is 24.0 Å². The molecule has 0 radical (unpaired) electrons. The smallest absolute Gasteiger partial charge is 0.182 e. The van der Waals surface area contributed by atoms with E-state index in [0.717, 1.165) is 47.1 Å². The first-order valence-corrected chi connectivity index (χ1v) is 12.1. The molecule has 0 fully saturated rings. The van der Waals surface area contributed by atoms with Crippen LogP contribution in [0.2, 0.25) is 0 Å². The van der Waals surface area contributed by atoms with Gasteiger partial charge in [-0.15, -0.1) is 0 Å². The molecule has 0 aliphatic heterocycles. The van der Waals surface area contributed by atoms with Crippen molar-refractivity contribution in [3.63, 3.8) is 0 Å². The number of anilines is 2. The maximum atomic E-state index is 14.9. The summed E-state index contributed by atoms with van der Waals surface area (Å²) in [5.41, 5.74) is 3.99.